The van der Waals surface area contributed by atoms with E-state index in [4.69, 9.17) is 9.47 Å². The van der Waals surface area contributed by atoms with Gasteiger partial charge in [0.1, 0.15) is 5.75 Å². The zero-order valence-electron chi connectivity index (χ0n) is 21.9. The highest BCUT2D eigenvalue weighted by atomic mass is 16.6. The summed E-state index contributed by atoms with van der Waals surface area (Å²) in [5.74, 6) is 0.210. The Morgan fingerprint density at radius 2 is 1.71 bits per heavy atom. The molecule has 1 unspecified atom stereocenters. The summed E-state index contributed by atoms with van der Waals surface area (Å²) in [4.78, 5) is 20.0. The van der Waals surface area contributed by atoms with Crippen LogP contribution in [0.2, 0.25) is 0 Å². The van der Waals surface area contributed by atoms with Gasteiger partial charge >= 0.3 is 5.97 Å². The van der Waals surface area contributed by atoms with Crippen molar-refractivity contribution in [1.29, 1.82) is 0 Å². The average Bonchev–Trinajstić information content (AvgIpc) is 3.41. The van der Waals surface area contributed by atoms with Crippen LogP contribution in [0.1, 0.15) is 34.1 Å². The van der Waals surface area contributed by atoms with Gasteiger partial charge in [0.15, 0.2) is 11.3 Å². The minimum atomic E-state index is -1.28. The number of esters is 1. The van der Waals surface area contributed by atoms with Crippen molar-refractivity contribution in [3.05, 3.63) is 114 Å². The molecule has 0 radical (unpaired) electrons. The Hall–Kier alpha value is -4.58. The van der Waals surface area contributed by atoms with Gasteiger partial charge in [-0.05, 0) is 36.8 Å². The van der Waals surface area contributed by atoms with Crippen molar-refractivity contribution in [2.24, 2.45) is 7.05 Å². The highest BCUT2D eigenvalue weighted by Crippen LogP contribution is 2.54. The summed E-state index contributed by atoms with van der Waals surface area (Å²) < 4.78 is 15.0. The third-order valence-electron chi connectivity index (χ3n) is 7.29. The molecule has 0 bridgehead atoms. The van der Waals surface area contributed by atoms with Crippen molar-refractivity contribution in [3.63, 3.8) is 0 Å². The molecule has 0 N–H and O–H groups in total. The first-order chi connectivity index (χ1) is 18.5. The molecule has 0 saturated heterocycles. The van der Waals surface area contributed by atoms with Crippen molar-refractivity contribution in [1.82, 2.24) is 9.55 Å². The normalized spacial score (nSPS) is 16.4. The molecular formula is C32H29N3O3. The second kappa shape index (κ2) is 9.06. The fourth-order valence-electron chi connectivity index (χ4n) is 5.65. The molecule has 0 spiro atoms. The van der Waals surface area contributed by atoms with Gasteiger partial charge in [0, 0.05) is 66.7 Å². The van der Waals surface area contributed by atoms with Gasteiger partial charge in [-0.3, -0.25) is 0 Å². The molecule has 0 fully saturated rings. The minimum Gasteiger partial charge on any atom is -0.493 e. The van der Waals surface area contributed by atoms with E-state index in [-0.39, 0.29) is 0 Å². The number of anilines is 1. The molecule has 3 aromatic carbocycles. The van der Waals surface area contributed by atoms with Gasteiger partial charge in [0.25, 0.3) is 0 Å². The van der Waals surface area contributed by atoms with Crippen LogP contribution >= 0.6 is 0 Å². The predicted molar refractivity (Wildman–Crippen MR) is 150 cm³/mol. The molecule has 6 heteroatoms. The van der Waals surface area contributed by atoms with Crippen LogP contribution < -0.4 is 9.64 Å². The number of aromatic nitrogens is 2. The summed E-state index contributed by atoms with van der Waals surface area (Å²) in [7, 11) is 6.04. The van der Waals surface area contributed by atoms with Gasteiger partial charge in [0.2, 0.25) is 0 Å². The Kier molecular flexibility index (Phi) is 5.68. The molecule has 1 atom stereocenters. The van der Waals surface area contributed by atoms with E-state index in [1.54, 1.807) is 6.20 Å². The molecule has 3 heterocycles. The lowest BCUT2D eigenvalue weighted by atomic mass is 9.78. The number of para-hydroxylation sites is 1. The zero-order valence-corrected chi connectivity index (χ0v) is 21.9. The molecule has 2 aromatic heterocycles. The number of hydrogen-bond acceptors (Lipinski definition) is 5. The van der Waals surface area contributed by atoms with E-state index < -0.39 is 11.6 Å². The van der Waals surface area contributed by atoms with E-state index in [1.807, 2.05) is 86.6 Å². The topological polar surface area (TPSA) is 56.6 Å². The van der Waals surface area contributed by atoms with Crippen molar-refractivity contribution in [2.45, 2.75) is 12.5 Å². The molecule has 1 aliphatic heterocycles. The second-order valence-corrected chi connectivity index (χ2v) is 9.64. The summed E-state index contributed by atoms with van der Waals surface area (Å²) >= 11 is 0. The lowest BCUT2D eigenvalue weighted by Gasteiger charge is -2.33. The van der Waals surface area contributed by atoms with Crippen molar-refractivity contribution >= 4 is 22.6 Å². The van der Waals surface area contributed by atoms with E-state index in [0.29, 0.717) is 23.6 Å². The Labute approximate surface area is 222 Å². The lowest BCUT2D eigenvalue weighted by molar-refractivity contribution is 0.0247. The number of rotatable bonds is 6. The van der Waals surface area contributed by atoms with Gasteiger partial charge in [0.05, 0.1) is 12.3 Å². The molecule has 0 saturated carbocycles. The van der Waals surface area contributed by atoms with Crippen LogP contribution in [-0.2, 0) is 17.4 Å². The van der Waals surface area contributed by atoms with Gasteiger partial charge in [-0.15, -0.1) is 0 Å². The smallest absolute Gasteiger partial charge is 0.358 e. The van der Waals surface area contributed by atoms with Crippen LogP contribution in [0.5, 0.6) is 5.75 Å². The van der Waals surface area contributed by atoms with Gasteiger partial charge in [-0.1, -0.05) is 54.6 Å². The van der Waals surface area contributed by atoms with Crippen LogP contribution in [0.4, 0.5) is 5.69 Å². The minimum absolute atomic E-state index is 0.318. The van der Waals surface area contributed by atoms with E-state index in [0.717, 1.165) is 39.0 Å². The average molecular weight is 504 g/mol. The Bertz CT molecular complexity index is 1670. The van der Waals surface area contributed by atoms with Crippen molar-refractivity contribution < 1.29 is 14.3 Å². The summed E-state index contributed by atoms with van der Waals surface area (Å²) in [5, 5.41) is 0.998. The quantitative estimate of drug-likeness (QED) is 0.260. The van der Waals surface area contributed by atoms with Crippen LogP contribution in [-0.4, -0.2) is 36.2 Å². The third kappa shape index (κ3) is 3.40. The van der Waals surface area contributed by atoms with E-state index in [1.165, 1.54) is 0 Å². The molecule has 190 valence electrons. The van der Waals surface area contributed by atoms with Crippen LogP contribution in [0.25, 0.3) is 22.2 Å². The van der Waals surface area contributed by atoms with E-state index >= 15 is 0 Å². The number of carbonyl (C=O) groups is 1. The van der Waals surface area contributed by atoms with Crippen molar-refractivity contribution in [3.8, 4) is 17.0 Å². The molecule has 0 aliphatic carbocycles. The summed E-state index contributed by atoms with van der Waals surface area (Å²) in [6, 6.07) is 28.3. The first kappa shape index (κ1) is 23.8. The number of aryl methyl sites for hydroxylation is 1. The maximum atomic E-state index is 13.5. The molecule has 0 amide bonds. The third-order valence-corrected chi connectivity index (χ3v) is 7.29. The van der Waals surface area contributed by atoms with Gasteiger partial charge in [-0.25, -0.2) is 9.78 Å². The highest BCUT2D eigenvalue weighted by Gasteiger charge is 2.53. The first-order valence-corrected chi connectivity index (χ1v) is 12.7. The lowest BCUT2D eigenvalue weighted by Crippen LogP contribution is -2.31. The number of pyridine rings is 1. The molecule has 6 rings (SSSR count). The number of benzene rings is 3. The van der Waals surface area contributed by atoms with E-state index in [9.17, 15) is 4.79 Å². The highest BCUT2D eigenvalue weighted by molar-refractivity contribution is 6.00. The second-order valence-electron chi connectivity index (χ2n) is 9.64. The molecule has 6 nitrogen and oxygen atoms in total. The number of nitrogens with zero attached hydrogens (tertiary/aromatic N) is 3. The molecule has 1 aliphatic rings. The molecule has 38 heavy (non-hydrogen) atoms. The Morgan fingerprint density at radius 1 is 0.947 bits per heavy atom. The van der Waals surface area contributed by atoms with Crippen LogP contribution in [0.15, 0.2) is 91.1 Å². The standard InChI is InChI=1S/C32H29N3O3/c1-5-37-27-20-22(34(2)3)17-18-24(27)32(25-15-11-19-33-29(25)31(36)38-32)28-23-14-9-10-16-26(23)35(4)30(28)21-12-7-6-8-13-21/h6-20H,5H2,1-4H3. The number of carbonyl (C=O) groups excluding carboxylic acids is 1. The summed E-state index contributed by atoms with van der Waals surface area (Å²) in [6.07, 6.45) is 1.63. The number of hydrogen-bond donors (Lipinski definition) is 0. The summed E-state index contributed by atoms with van der Waals surface area (Å²) in [6.45, 7) is 2.43. The maximum absolute atomic E-state index is 13.5. The Morgan fingerprint density at radius 3 is 2.47 bits per heavy atom. The summed E-state index contributed by atoms with van der Waals surface area (Å²) in [5.41, 5.74) is 5.42. The fraction of sp³-hybridized carbons (Fsp3) is 0.188. The Balaban J connectivity index is 1.80. The van der Waals surface area contributed by atoms with Crippen molar-refractivity contribution in [2.75, 3.05) is 25.6 Å². The number of fused-ring (bicyclic) bond motifs is 2. The van der Waals surface area contributed by atoms with Crippen LogP contribution in [0, 0.1) is 0 Å². The number of ether oxygens (including phenoxy) is 2. The largest absolute Gasteiger partial charge is 0.493 e. The van der Waals surface area contributed by atoms with Gasteiger partial charge < -0.3 is 18.9 Å². The predicted octanol–water partition coefficient (Wildman–Crippen LogP) is 6.17. The van der Waals surface area contributed by atoms with Crippen LogP contribution in [0.3, 0.4) is 0 Å². The van der Waals surface area contributed by atoms with Gasteiger partial charge in [-0.2, -0.15) is 0 Å². The zero-order chi connectivity index (χ0) is 26.4. The number of cyclic esters (lactones) is 1. The molecular weight excluding hydrogens is 474 g/mol. The SMILES string of the molecule is CCOc1cc(N(C)C)ccc1C1(c2c(-c3ccccc3)n(C)c3ccccc23)OC(=O)c2ncccc21. The van der Waals surface area contributed by atoms with E-state index in [2.05, 4.69) is 40.9 Å². The molecule has 5 aromatic rings. The maximum Gasteiger partial charge on any atom is 0.358 e. The fourth-order valence-corrected chi connectivity index (χ4v) is 5.65. The first-order valence-electron chi connectivity index (χ1n) is 12.7. The monoisotopic (exact) mass is 503 g/mol.